The maximum absolute atomic E-state index is 11.0. The van der Waals surface area contributed by atoms with Crippen molar-refractivity contribution in [2.24, 2.45) is 5.73 Å². The molecule has 1 aliphatic rings. The lowest BCUT2D eigenvalue weighted by Crippen LogP contribution is -2.37. The molecule has 1 aliphatic carbocycles. The van der Waals surface area contributed by atoms with E-state index in [0.29, 0.717) is 5.95 Å². The minimum absolute atomic E-state index is 0.00358. The Morgan fingerprint density at radius 3 is 3.06 bits per heavy atom. The van der Waals surface area contributed by atoms with Gasteiger partial charge in [-0.3, -0.25) is 4.79 Å². The number of anilines is 1. The second kappa shape index (κ2) is 5.26. The Morgan fingerprint density at radius 2 is 2.39 bits per heavy atom. The first-order valence-electron chi connectivity index (χ1n) is 5.73. The Morgan fingerprint density at radius 1 is 1.61 bits per heavy atom. The van der Waals surface area contributed by atoms with E-state index in [1.165, 1.54) is 6.92 Å². The van der Waals surface area contributed by atoms with Gasteiger partial charge < -0.3 is 16.4 Å². The van der Waals surface area contributed by atoms with Gasteiger partial charge in [0.1, 0.15) is 0 Å². The number of aryl methyl sites for hydroxylation is 1. The summed E-state index contributed by atoms with van der Waals surface area (Å²) in [6.07, 6.45) is 4.23. The van der Waals surface area contributed by atoms with Gasteiger partial charge in [0.25, 0.3) is 0 Å². The van der Waals surface area contributed by atoms with Gasteiger partial charge in [-0.15, -0.1) is 0 Å². The zero-order valence-corrected chi connectivity index (χ0v) is 10.9. The Kier molecular flexibility index (Phi) is 3.71. The van der Waals surface area contributed by atoms with Crippen LogP contribution in [0.25, 0.3) is 0 Å². The van der Waals surface area contributed by atoms with Crippen LogP contribution in [-0.4, -0.2) is 27.0 Å². The van der Waals surface area contributed by atoms with Gasteiger partial charge in [-0.25, -0.2) is 9.97 Å². The number of amides is 1. The summed E-state index contributed by atoms with van der Waals surface area (Å²) in [5.74, 6) is 0.426. The molecule has 4 N–H and O–H groups in total. The number of nitrogens with zero attached hydrogens (tertiary/aromatic N) is 2. The van der Waals surface area contributed by atoms with Gasteiger partial charge in [0.05, 0.1) is 0 Å². The van der Waals surface area contributed by atoms with Gasteiger partial charge in [-0.1, -0.05) is 0 Å². The van der Waals surface area contributed by atoms with Crippen molar-refractivity contribution < 1.29 is 4.79 Å². The molecular weight excluding hydrogens is 250 g/mol. The number of nitrogens with one attached hydrogen (secondary N) is 2. The first-order valence-corrected chi connectivity index (χ1v) is 6.14. The van der Waals surface area contributed by atoms with E-state index in [9.17, 15) is 4.79 Å². The zero-order valence-electron chi connectivity index (χ0n) is 10.1. The highest BCUT2D eigenvalue weighted by molar-refractivity contribution is 7.80. The Labute approximate surface area is 110 Å². The van der Waals surface area contributed by atoms with Gasteiger partial charge in [0, 0.05) is 24.9 Å². The van der Waals surface area contributed by atoms with Gasteiger partial charge in [0.2, 0.25) is 11.9 Å². The number of thiocarbonyl (C=S) groups is 1. The second-order valence-corrected chi connectivity index (χ2v) is 4.73. The molecule has 1 aromatic heterocycles. The number of carbonyl (C=O) groups excluding carboxylic acids is 1. The van der Waals surface area contributed by atoms with Crippen LogP contribution in [0.4, 0.5) is 5.95 Å². The third kappa shape index (κ3) is 3.13. The van der Waals surface area contributed by atoms with Gasteiger partial charge >= 0.3 is 0 Å². The number of rotatable bonds is 2. The molecule has 1 aromatic rings. The van der Waals surface area contributed by atoms with Crippen molar-refractivity contribution in [2.45, 2.75) is 32.2 Å². The predicted octanol–water partition coefficient (Wildman–Crippen LogP) is 0.126. The Bertz CT molecular complexity index is 490. The summed E-state index contributed by atoms with van der Waals surface area (Å²) in [6, 6.07) is 0.174. The third-order valence-electron chi connectivity index (χ3n) is 2.79. The molecule has 0 bridgehead atoms. The molecule has 0 aromatic carbocycles. The maximum Gasteiger partial charge on any atom is 0.229 e. The fraction of sp³-hybridized carbons (Fsp3) is 0.455. The van der Waals surface area contributed by atoms with Crippen molar-refractivity contribution >= 4 is 29.2 Å². The lowest BCUT2D eigenvalue weighted by atomic mass is 9.93. The summed E-state index contributed by atoms with van der Waals surface area (Å²) >= 11 is 4.74. The average molecular weight is 265 g/mol. The number of hydrogen-bond donors (Lipinski definition) is 3. The lowest BCUT2D eigenvalue weighted by molar-refractivity contribution is -0.119. The molecule has 0 saturated carbocycles. The van der Waals surface area contributed by atoms with Crippen LogP contribution in [0.2, 0.25) is 0 Å². The van der Waals surface area contributed by atoms with E-state index in [4.69, 9.17) is 18.0 Å². The SMILES string of the molecule is CC(=O)NC1CCc2nc(NC(N)=S)ncc2C1. The van der Waals surface area contributed by atoms with Gasteiger partial charge in [-0.05, 0) is 37.0 Å². The van der Waals surface area contributed by atoms with Crippen LogP contribution >= 0.6 is 12.2 Å². The van der Waals surface area contributed by atoms with Crippen LogP contribution in [-0.2, 0) is 17.6 Å². The predicted molar refractivity (Wildman–Crippen MR) is 72.1 cm³/mol. The van der Waals surface area contributed by atoms with Gasteiger partial charge in [0.15, 0.2) is 5.11 Å². The third-order valence-corrected chi connectivity index (χ3v) is 2.89. The van der Waals surface area contributed by atoms with Crippen LogP contribution in [0.1, 0.15) is 24.6 Å². The highest BCUT2D eigenvalue weighted by Gasteiger charge is 2.21. The molecule has 0 radical (unpaired) electrons. The molecule has 6 nitrogen and oxygen atoms in total. The zero-order chi connectivity index (χ0) is 13.1. The smallest absolute Gasteiger partial charge is 0.229 e. The van der Waals surface area contributed by atoms with Crippen LogP contribution in [0.15, 0.2) is 6.20 Å². The lowest BCUT2D eigenvalue weighted by Gasteiger charge is -2.24. The number of aromatic nitrogens is 2. The van der Waals surface area contributed by atoms with E-state index in [-0.39, 0.29) is 17.1 Å². The average Bonchev–Trinajstić information content (AvgIpc) is 2.27. The quantitative estimate of drug-likeness (QED) is 0.658. The standard InChI is InChI=1S/C11H15N5OS/c1-6(17)14-8-2-3-9-7(4-8)5-13-11(15-9)16-10(12)18/h5,8H,2-4H2,1H3,(H,14,17)(H3,12,13,15,16,18). The van der Waals surface area contributed by atoms with Crippen molar-refractivity contribution in [3.05, 3.63) is 17.5 Å². The maximum atomic E-state index is 11.0. The Hall–Kier alpha value is -1.76. The first kappa shape index (κ1) is 12.7. The van der Waals surface area contributed by atoms with Crippen LogP contribution in [0.5, 0.6) is 0 Å². The van der Waals surface area contributed by atoms with Crippen molar-refractivity contribution in [1.82, 2.24) is 15.3 Å². The molecule has 2 rings (SSSR count). The fourth-order valence-corrected chi connectivity index (χ4v) is 2.18. The fourth-order valence-electron chi connectivity index (χ4n) is 2.09. The normalized spacial score (nSPS) is 17.7. The van der Waals surface area contributed by atoms with E-state index in [1.54, 1.807) is 6.20 Å². The number of nitrogens with two attached hydrogens (primary N) is 1. The molecule has 1 heterocycles. The molecule has 1 amide bonds. The Balaban J connectivity index is 2.10. The van der Waals surface area contributed by atoms with E-state index in [1.807, 2.05) is 0 Å². The van der Waals surface area contributed by atoms with Crippen molar-refractivity contribution in [1.29, 1.82) is 0 Å². The van der Waals surface area contributed by atoms with Crippen LogP contribution < -0.4 is 16.4 Å². The minimum atomic E-state index is -0.00358. The van der Waals surface area contributed by atoms with Crippen molar-refractivity contribution in [3.8, 4) is 0 Å². The second-order valence-electron chi connectivity index (χ2n) is 4.30. The number of carbonyl (C=O) groups is 1. The van der Waals surface area contributed by atoms with Crippen molar-refractivity contribution in [3.63, 3.8) is 0 Å². The summed E-state index contributed by atoms with van der Waals surface area (Å²) in [5.41, 5.74) is 7.42. The minimum Gasteiger partial charge on any atom is -0.376 e. The van der Waals surface area contributed by atoms with E-state index >= 15 is 0 Å². The highest BCUT2D eigenvalue weighted by atomic mass is 32.1. The topological polar surface area (TPSA) is 92.9 Å². The molecule has 0 spiro atoms. The van der Waals surface area contributed by atoms with Crippen LogP contribution in [0, 0.1) is 0 Å². The molecule has 18 heavy (non-hydrogen) atoms. The van der Waals surface area contributed by atoms with Crippen LogP contribution in [0.3, 0.4) is 0 Å². The molecule has 0 fully saturated rings. The van der Waals surface area contributed by atoms with Crippen molar-refractivity contribution in [2.75, 3.05) is 5.32 Å². The molecule has 1 atom stereocenters. The summed E-state index contributed by atoms with van der Waals surface area (Å²) in [6.45, 7) is 1.53. The molecular formula is C11H15N5OS. The summed E-state index contributed by atoms with van der Waals surface area (Å²) in [4.78, 5) is 19.5. The summed E-state index contributed by atoms with van der Waals surface area (Å²) in [7, 11) is 0. The first-order chi connectivity index (χ1) is 8.54. The summed E-state index contributed by atoms with van der Waals surface area (Å²) in [5, 5.41) is 5.79. The molecule has 1 unspecified atom stereocenters. The number of hydrogen-bond acceptors (Lipinski definition) is 4. The van der Waals surface area contributed by atoms with E-state index in [2.05, 4.69) is 20.6 Å². The van der Waals surface area contributed by atoms with Gasteiger partial charge in [-0.2, -0.15) is 0 Å². The monoisotopic (exact) mass is 265 g/mol. The summed E-state index contributed by atoms with van der Waals surface area (Å²) < 4.78 is 0. The largest absolute Gasteiger partial charge is 0.376 e. The van der Waals surface area contributed by atoms with E-state index in [0.717, 1.165) is 30.5 Å². The molecule has 7 heteroatoms. The highest BCUT2D eigenvalue weighted by Crippen LogP contribution is 2.20. The number of fused-ring (bicyclic) bond motifs is 1. The molecule has 96 valence electrons. The molecule has 0 aliphatic heterocycles. The molecule has 0 saturated heterocycles. The van der Waals surface area contributed by atoms with E-state index < -0.39 is 0 Å².